The number of nitrogens with zero attached hydrogens (tertiary/aromatic N) is 2. The zero-order valence-corrected chi connectivity index (χ0v) is 10.6. The molecule has 0 aliphatic carbocycles. The first-order valence-electron chi connectivity index (χ1n) is 5.20. The van der Waals surface area contributed by atoms with Crippen molar-refractivity contribution in [2.45, 2.75) is 10.9 Å². The number of hydrogen-bond acceptors (Lipinski definition) is 5. The highest BCUT2D eigenvalue weighted by molar-refractivity contribution is 7.98. The van der Waals surface area contributed by atoms with Gasteiger partial charge in [0.05, 0.1) is 12.7 Å². The molecule has 7 heteroatoms. The van der Waals surface area contributed by atoms with E-state index in [4.69, 9.17) is 15.9 Å². The second-order valence-corrected chi connectivity index (χ2v) is 4.49. The van der Waals surface area contributed by atoms with Crippen molar-refractivity contribution in [3.8, 4) is 5.75 Å². The fraction of sp³-hybridized carbons (Fsp3) is 0.182. The van der Waals surface area contributed by atoms with Crippen LogP contribution in [0.25, 0.3) is 0 Å². The molecule has 0 fully saturated rings. The highest BCUT2D eigenvalue weighted by Gasteiger charge is 2.07. The van der Waals surface area contributed by atoms with Crippen LogP contribution in [0.5, 0.6) is 5.75 Å². The lowest BCUT2D eigenvalue weighted by atomic mass is 10.1. The largest absolute Gasteiger partial charge is 0.496 e. The molecule has 2 rings (SSSR count). The molecule has 4 N–H and O–H groups in total. The minimum absolute atomic E-state index is 0.00119. The summed E-state index contributed by atoms with van der Waals surface area (Å²) in [5, 5.41) is 14.8. The molecule has 1 aromatic heterocycles. The molecule has 2 aromatic rings. The number of aromatic amines is 1. The second kappa shape index (κ2) is 5.54. The third-order valence-electron chi connectivity index (χ3n) is 2.32. The normalized spacial score (nSPS) is 10.3. The predicted molar refractivity (Wildman–Crippen MR) is 70.0 cm³/mol. The number of hydrogen-bond donors (Lipinski definition) is 3. The molecule has 0 aliphatic heterocycles. The van der Waals surface area contributed by atoms with Crippen LogP contribution in [0, 0.1) is 5.41 Å². The molecule has 18 heavy (non-hydrogen) atoms. The van der Waals surface area contributed by atoms with Crippen molar-refractivity contribution < 1.29 is 4.74 Å². The Bertz CT molecular complexity index is 540. The molecule has 6 nitrogen and oxygen atoms in total. The van der Waals surface area contributed by atoms with Crippen molar-refractivity contribution in [2.24, 2.45) is 5.73 Å². The molecule has 0 atom stereocenters. The molecular formula is C11H13N5OS. The quantitative estimate of drug-likeness (QED) is 0.430. The Hall–Kier alpha value is -2.02. The van der Waals surface area contributed by atoms with Crippen LogP contribution >= 0.6 is 11.8 Å². The number of aromatic nitrogens is 3. The van der Waals surface area contributed by atoms with Gasteiger partial charge in [-0.2, -0.15) is 5.10 Å². The van der Waals surface area contributed by atoms with E-state index in [0.717, 1.165) is 16.5 Å². The summed E-state index contributed by atoms with van der Waals surface area (Å²) in [5.41, 5.74) is 7.14. The second-order valence-electron chi connectivity index (χ2n) is 3.53. The predicted octanol–water partition coefficient (Wildman–Crippen LogP) is 1.39. The summed E-state index contributed by atoms with van der Waals surface area (Å²) in [7, 11) is 1.56. The Kier molecular flexibility index (Phi) is 3.83. The zero-order valence-electron chi connectivity index (χ0n) is 9.80. The summed E-state index contributed by atoms with van der Waals surface area (Å²) in [6, 6.07) is 5.58. The van der Waals surface area contributed by atoms with Gasteiger partial charge in [-0.25, -0.2) is 4.98 Å². The van der Waals surface area contributed by atoms with Crippen molar-refractivity contribution >= 4 is 17.6 Å². The van der Waals surface area contributed by atoms with E-state index < -0.39 is 0 Å². The average Bonchev–Trinajstić information content (AvgIpc) is 2.88. The number of methoxy groups -OCH3 is 1. The Labute approximate surface area is 108 Å². The summed E-state index contributed by atoms with van der Waals surface area (Å²) in [5.74, 6) is 1.35. The lowest BCUT2D eigenvalue weighted by Gasteiger charge is -2.09. The van der Waals surface area contributed by atoms with E-state index in [1.807, 2.05) is 12.1 Å². The van der Waals surface area contributed by atoms with Crippen molar-refractivity contribution in [3.05, 3.63) is 35.7 Å². The van der Waals surface area contributed by atoms with Gasteiger partial charge in [0.15, 0.2) is 5.16 Å². The SMILES string of the molecule is COc1cc(CSc2ncn[nH]2)ccc1C(=N)N. The minimum Gasteiger partial charge on any atom is -0.496 e. The smallest absolute Gasteiger partial charge is 0.183 e. The minimum atomic E-state index is 0.00119. The molecule has 0 saturated carbocycles. The Morgan fingerprint density at radius 2 is 2.39 bits per heavy atom. The first-order valence-corrected chi connectivity index (χ1v) is 6.18. The number of ether oxygens (including phenoxy) is 1. The van der Waals surface area contributed by atoms with Gasteiger partial charge in [0.1, 0.15) is 17.9 Å². The number of nitrogens with one attached hydrogen (secondary N) is 2. The molecular weight excluding hydrogens is 250 g/mol. The molecule has 94 valence electrons. The number of thioether (sulfide) groups is 1. The van der Waals surface area contributed by atoms with Gasteiger partial charge in [0.25, 0.3) is 0 Å². The van der Waals surface area contributed by atoms with Gasteiger partial charge in [0, 0.05) is 5.75 Å². The maximum atomic E-state index is 7.43. The van der Waals surface area contributed by atoms with E-state index in [1.54, 1.807) is 24.9 Å². The maximum absolute atomic E-state index is 7.43. The number of nitrogens with two attached hydrogens (primary N) is 1. The monoisotopic (exact) mass is 263 g/mol. The molecule has 0 bridgehead atoms. The topological polar surface area (TPSA) is 101 Å². The van der Waals surface area contributed by atoms with Gasteiger partial charge in [-0.05, 0) is 17.7 Å². The third kappa shape index (κ3) is 2.80. The van der Waals surface area contributed by atoms with E-state index in [0.29, 0.717) is 11.3 Å². The number of amidine groups is 1. The van der Waals surface area contributed by atoms with Crippen LogP contribution < -0.4 is 10.5 Å². The van der Waals surface area contributed by atoms with Gasteiger partial charge in [-0.15, -0.1) is 0 Å². The van der Waals surface area contributed by atoms with E-state index >= 15 is 0 Å². The highest BCUT2D eigenvalue weighted by atomic mass is 32.2. The molecule has 0 aliphatic rings. The zero-order chi connectivity index (χ0) is 13.0. The third-order valence-corrected chi connectivity index (χ3v) is 3.27. The summed E-state index contributed by atoms with van der Waals surface area (Å²) in [4.78, 5) is 4.03. The summed E-state index contributed by atoms with van der Waals surface area (Å²) >= 11 is 1.54. The van der Waals surface area contributed by atoms with Crippen molar-refractivity contribution in [3.63, 3.8) is 0 Å². The standard InChI is InChI=1S/C11H13N5OS/c1-17-9-4-7(2-3-8(9)10(12)13)5-18-11-14-6-15-16-11/h2-4,6H,5H2,1H3,(H3,12,13)(H,14,15,16). The molecule has 0 unspecified atom stereocenters. The number of benzene rings is 1. The highest BCUT2D eigenvalue weighted by Crippen LogP contribution is 2.24. The van der Waals surface area contributed by atoms with Crippen molar-refractivity contribution in [2.75, 3.05) is 7.11 Å². The molecule has 0 saturated heterocycles. The Balaban J connectivity index is 2.12. The average molecular weight is 263 g/mol. The number of H-pyrrole nitrogens is 1. The summed E-state index contributed by atoms with van der Waals surface area (Å²) in [6.07, 6.45) is 1.47. The van der Waals surface area contributed by atoms with Crippen LogP contribution in [-0.2, 0) is 5.75 Å². The molecule has 0 spiro atoms. The lowest BCUT2D eigenvalue weighted by Crippen LogP contribution is -2.12. The Morgan fingerprint density at radius 3 is 3.00 bits per heavy atom. The van der Waals surface area contributed by atoms with Gasteiger partial charge >= 0.3 is 0 Å². The number of nitrogen functional groups attached to an aromatic ring is 1. The summed E-state index contributed by atoms with van der Waals surface area (Å²) in [6.45, 7) is 0. The fourth-order valence-electron chi connectivity index (χ4n) is 1.46. The van der Waals surface area contributed by atoms with Crippen LogP contribution in [0.3, 0.4) is 0 Å². The van der Waals surface area contributed by atoms with Gasteiger partial charge in [-0.1, -0.05) is 17.8 Å². The fourth-order valence-corrected chi connectivity index (χ4v) is 2.19. The van der Waals surface area contributed by atoms with Gasteiger partial charge < -0.3 is 10.5 Å². The van der Waals surface area contributed by atoms with Crippen molar-refractivity contribution in [1.29, 1.82) is 5.41 Å². The molecule has 0 radical (unpaired) electrons. The first kappa shape index (κ1) is 12.4. The van der Waals surface area contributed by atoms with Crippen LogP contribution in [0.2, 0.25) is 0 Å². The summed E-state index contributed by atoms with van der Waals surface area (Å²) < 4.78 is 5.22. The van der Waals surface area contributed by atoms with Crippen LogP contribution in [0.1, 0.15) is 11.1 Å². The maximum Gasteiger partial charge on any atom is 0.183 e. The molecule has 0 amide bonds. The van der Waals surface area contributed by atoms with Crippen LogP contribution in [-0.4, -0.2) is 28.1 Å². The van der Waals surface area contributed by atoms with E-state index in [2.05, 4.69) is 15.2 Å². The van der Waals surface area contributed by atoms with Gasteiger partial charge in [0.2, 0.25) is 0 Å². The van der Waals surface area contributed by atoms with Crippen molar-refractivity contribution in [1.82, 2.24) is 15.2 Å². The van der Waals surface area contributed by atoms with E-state index in [1.165, 1.54) is 6.33 Å². The first-order chi connectivity index (χ1) is 8.70. The molecule has 1 heterocycles. The molecule has 1 aromatic carbocycles. The van der Waals surface area contributed by atoms with Crippen LogP contribution in [0.4, 0.5) is 0 Å². The van der Waals surface area contributed by atoms with E-state index in [-0.39, 0.29) is 5.84 Å². The number of rotatable bonds is 5. The van der Waals surface area contributed by atoms with Crippen LogP contribution in [0.15, 0.2) is 29.7 Å². The van der Waals surface area contributed by atoms with E-state index in [9.17, 15) is 0 Å². The Morgan fingerprint density at radius 1 is 1.56 bits per heavy atom. The van der Waals surface area contributed by atoms with Gasteiger partial charge in [-0.3, -0.25) is 10.5 Å². The lowest BCUT2D eigenvalue weighted by molar-refractivity contribution is 0.413.